The first kappa shape index (κ1) is 15.1. The molecule has 1 aliphatic rings. The minimum absolute atomic E-state index is 0.108. The molecule has 2 heterocycles. The number of nitrogens with one attached hydrogen (secondary N) is 1. The van der Waals surface area contributed by atoms with Crippen LogP contribution in [-0.2, 0) is 0 Å². The van der Waals surface area contributed by atoms with Crippen molar-refractivity contribution in [1.82, 2.24) is 15.2 Å². The van der Waals surface area contributed by atoms with Crippen LogP contribution < -0.4 is 5.32 Å². The predicted octanol–water partition coefficient (Wildman–Crippen LogP) is 2.82. The molecule has 6 heteroatoms. The number of oxazole rings is 1. The van der Waals surface area contributed by atoms with Crippen LogP contribution in [0.1, 0.15) is 23.3 Å². The number of halogens is 1. The normalized spacial score (nSPS) is 18.5. The van der Waals surface area contributed by atoms with Crippen LogP contribution in [0, 0.1) is 0 Å². The Morgan fingerprint density at radius 3 is 3.05 bits per heavy atom. The van der Waals surface area contributed by atoms with E-state index >= 15 is 0 Å². The van der Waals surface area contributed by atoms with Crippen molar-refractivity contribution in [2.75, 3.05) is 20.1 Å². The fourth-order valence-corrected chi connectivity index (χ4v) is 3.00. The number of likely N-dealkylation sites (tertiary alicyclic amines) is 1. The summed E-state index contributed by atoms with van der Waals surface area (Å²) >= 11 is 6.20. The maximum absolute atomic E-state index is 12.8. The highest BCUT2D eigenvalue weighted by Crippen LogP contribution is 2.30. The van der Waals surface area contributed by atoms with E-state index in [-0.39, 0.29) is 5.91 Å². The van der Waals surface area contributed by atoms with E-state index in [0.717, 1.165) is 19.4 Å². The standard InChI is InChI=1S/C16H18ClN3O2/c1-18-11-5-4-8-20(9-11)16(21)14-15(22-10-19-14)12-6-2-3-7-13(12)17/h2-3,6-7,10-11,18H,4-5,8-9H2,1H3/t11-/m1/s1. The molecule has 1 saturated heterocycles. The number of amides is 1. The molecule has 1 N–H and O–H groups in total. The van der Waals surface area contributed by atoms with E-state index in [4.69, 9.17) is 16.0 Å². The maximum Gasteiger partial charge on any atom is 0.276 e. The Labute approximate surface area is 134 Å². The lowest BCUT2D eigenvalue weighted by Crippen LogP contribution is -2.47. The van der Waals surface area contributed by atoms with Crippen LogP contribution in [0.15, 0.2) is 35.1 Å². The second-order valence-corrected chi connectivity index (χ2v) is 5.80. The molecule has 22 heavy (non-hydrogen) atoms. The van der Waals surface area contributed by atoms with Crippen LogP contribution in [0.4, 0.5) is 0 Å². The lowest BCUT2D eigenvalue weighted by atomic mass is 10.0. The molecule has 5 nitrogen and oxygen atoms in total. The molecular formula is C16H18ClN3O2. The Balaban J connectivity index is 1.89. The first-order chi connectivity index (χ1) is 10.7. The zero-order valence-electron chi connectivity index (χ0n) is 12.4. The lowest BCUT2D eigenvalue weighted by Gasteiger charge is -2.32. The fourth-order valence-electron chi connectivity index (χ4n) is 2.78. The predicted molar refractivity (Wildman–Crippen MR) is 84.9 cm³/mol. The molecule has 0 spiro atoms. The third-order valence-electron chi connectivity index (χ3n) is 4.01. The molecule has 3 rings (SSSR count). The van der Waals surface area contributed by atoms with E-state index in [9.17, 15) is 4.79 Å². The summed E-state index contributed by atoms with van der Waals surface area (Å²) in [6, 6.07) is 7.62. The Bertz CT molecular complexity index is 671. The van der Waals surface area contributed by atoms with Gasteiger partial charge < -0.3 is 14.6 Å². The molecule has 1 aliphatic heterocycles. The molecule has 0 bridgehead atoms. The Kier molecular flexibility index (Phi) is 4.45. The molecule has 1 atom stereocenters. The zero-order chi connectivity index (χ0) is 15.5. The quantitative estimate of drug-likeness (QED) is 0.945. The van der Waals surface area contributed by atoms with Crippen molar-refractivity contribution in [3.63, 3.8) is 0 Å². The fraction of sp³-hybridized carbons (Fsp3) is 0.375. The van der Waals surface area contributed by atoms with Gasteiger partial charge in [0.05, 0.1) is 5.02 Å². The summed E-state index contributed by atoms with van der Waals surface area (Å²) in [6.45, 7) is 1.43. The molecule has 0 radical (unpaired) electrons. The summed E-state index contributed by atoms with van der Waals surface area (Å²) in [5, 5.41) is 3.77. The molecule has 0 saturated carbocycles. The number of piperidine rings is 1. The summed E-state index contributed by atoms with van der Waals surface area (Å²) in [6.07, 6.45) is 3.36. The summed E-state index contributed by atoms with van der Waals surface area (Å²) in [5.41, 5.74) is 1.01. The van der Waals surface area contributed by atoms with Gasteiger partial charge in [-0.2, -0.15) is 0 Å². The maximum atomic E-state index is 12.8. The second kappa shape index (κ2) is 6.50. The van der Waals surface area contributed by atoms with Gasteiger partial charge in [-0.3, -0.25) is 4.79 Å². The van der Waals surface area contributed by atoms with Crippen molar-refractivity contribution in [1.29, 1.82) is 0 Å². The molecule has 116 valence electrons. The van der Waals surface area contributed by atoms with E-state index in [1.807, 2.05) is 30.1 Å². The SMILES string of the molecule is CN[C@@H]1CCCN(C(=O)c2ncoc2-c2ccccc2Cl)C1. The van der Waals surface area contributed by atoms with Crippen LogP contribution >= 0.6 is 11.6 Å². The number of hydrogen-bond acceptors (Lipinski definition) is 4. The summed E-state index contributed by atoms with van der Waals surface area (Å²) in [5.74, 6) is 0.325. The lowest BCUT2D eigenvalue weighted by molar-refractivity contribution is 0.0693. The van der Waals surface area contributed by atoms with Gasteiger partial charge in [0.2, 0.25) is 0 Å². The minimum atomic E-state index is -0.108. The van der Waals surface area contributed by atoms with Crippen molar-refractivity contribution in [3.05, 3.63) is 41.4 Å². The van der Waals surface area contributed by atoms with Crippen molar-refractivity contribution in [2.24, 2.45) is 0 Å². The highest BCUT2D eigenvalue weighted by atomic mass is 35.5. The largest absolute Gasteiger partial charge is 0.443 e. The molecule has 2 aromatic rings. The van der Waals surface area contributed by atoms with Crippen LogP contribution in [0.2, 0.25) is 5.02 Å². The van der Waals surface area contributed by atoms with E-state index in [1.54, 1.807) is 6.07 Å². The molecule has 0 unspecified atom stereocenters. The minimum Gasteiger partial charge on any atom is -0.443 e. The van der Waals surface area contributed by atoms with Crippen molar-refractivity contribution in [2.45, 2.75) is 18.9 Å². The van der Waals surface area contributed by atoms with E-state index in [0.29, 0.717) is 34.6 Å². The number of hydrogen-bond donors (Lipinski definition) is 1. The van der Waals surface area contributed by atoms with Crippen molar-refractivity contribution < 1.29 is 9.21 Å². The van der Waals surface area contributed by atoms with Gasteiger partial charge in [0, 0.05) is 24.7 Å². The first-order valence-electron chi connectivity index (χ1n) is 7.35. The van der Waals surface area contributed by atoms with Gasteiger partial charge in [0.25, 0.3) is 5.91 Å². The van der Waals surface area contributed by atoms with Crippen LogP contribution in [0.25, 0.3) is 11.3 Å². The Hall–Kier alpha value is -1.85. The molecular weight excluding hydrogens is 302 g/mol. The highest BCUT2D eigenvalue weighted by Gasteiger charge is 2.28. The van der Waals surface area contributed by atoms with Crippen molar-refractivity contribution >= 4 is 17.5 Å². The van der Waals surface area contributed by atoms with E-state index in [1.165, 1.54) is 6.39 Å². The smallest absolute Gasteiger partial charge is 0.276 e. The second-order valence-electron chi connectivity index (χ2n) is 5.39. The van der Waals surface area contributed by atoms with Crippen molar-refractivity contribution in [3.8, 4) is 11.3 Å². The molecule has 1 amide bonds. The average molecular weight is 320 g/mol. The number of benzene rings is 1. The van der Waals surface area contributed by atoms with Crippen LogP contribution in [0.3, 0.4) is 0 Å². The van der Waals surface area contributed by atoms with Crippen LogP contribution in [0.5, 0.6) is 0 Å². The van der Waals surface area contributed by atoms with Gasteiger partial charge in [-0.05, 0) is 32.0 Å². The number of aromatic nitrogens is 1. The molecule has 1 fully saturated rings. The number of nitrogens with zero attached hydrogens (tertiary/aromatic N) is 2. The molecule has 1 aromatic carbocycles. The average Bonchev–Trinajstić information content (AvgIpc) is 3.04. The third kappa shape index (κ3) is 2.87. The van der Waals surface area contributed by atoms with Gasteiger partial charge in [-0.1, -0.05) is 23.7 Å². The van der Waals surface area contributed by atoms with Gasteiger partial charge in [0.15, 0.2) is 17.8 Å². The number of carbonyl (C=O) groups excluding carboxylic acids is 1. The summed E-state index contributed by atoms with van der Waals surface area (Å²) < 4.78 is 5.44. The van der Waals surface area contributed by atoms with Gasteiger partial charge in [-0.25, -0.2) is 4.98 Å². The topological polar surface area (TPSA) is 58.4 Å². The van der Waals surface area contributed by atoms with E-state index in [2.05, 4.69) is 10.3 Å². The summed E-state index contributed by atoms with van der Waals surface area (Å²) in [4.78, 5) is 18.7. The van der Waals surface area contributed by atoms with Gasteiger partial charge in [0.1, 0.15) is 0 Å². The van der Waals surface area contributed by atoms with E-state index < -0.39 is 0 Å². The molecule has 0 aliphatic carbocycles. The third-order valence-corrected chi connectivity index (χ3v) is 4.33. The Morgan fingerprint density at radius 2 is 2.27 bits per heavy atom. The van der Waals surface area contributed by atoms with Gasteiger partial charge >= 0.3 is 0 Å². The Morgan fingerprint density at radius 1 is 1.45 bits per heavy atom. The summed E-state index contributed by atoms with van der Waals surface area (Å²) in [7, 11) is 1.92. The monoisotopic (exact) mass is 319 g/mol. The number of carbonyl (C=O) groups is 1. The van der Waals surface area contributed by atoms with Crippen LogP contribution in [-0.4, -0.2) is 42.0 Å². The van der Waals surface area contributed by atoms with Gasteiger partial charge in [-0.15, -0.1) is 0 Å². The number of rotatable bonds is 3. The zero-order valence-corrected chi connectivity index (χ0v) is 13.1. The number of likely N-dealkylation sites (N-methyl/N-ethyl adjacent to an activating group) is 1. The highest BCUT2D eigenvalue weighted by molar-refractivity contribution is 6.33. The first-order valence-corrected chi connectivity index (χ1v) is 7.73. The molecule has 1 aromatic heterocycles.